The monoisotopic (exact) mass is 193 g/mol. The van der Waals surface area contributed by atoms with E-state index in [0.29, 0.717) is 0 Å². The number of hydrogen-bond donors (Lipinski definition) is 7. The van der Waals surface area contributed by atoms with E-state index < -0.39 is 0 Å². The summed E-state index contributed by atoms with van der Waals surface area (Å²) < 4.78 is 0. The Hall–Kier alpha value is -1.58. The fraction of sp³-hybridized carbons (Fsp3) is 0.500. The van der Waals surface area contributed by atoms with Crippen LogP contribution in [0.25, 0.3) is 0 Å². The van der Waals surface area contributed by atoms with Gasteiger partial charge >= 0.3 is 0 Å². The molecule has 13 heavy (non-hydrogen) atoms. The number of hydroxylamine groups is 2. The zero-order chi connectivity index (χ0) is 10.1. The number of nitrogens with one attached hydrogen (secondary N) is 3. The molecule has 0 fully saturated rings. The van der Waals surface area contributed by atoms with Crippen molar-refractivity contribution in [2.24, 2.45) is 10.3 Å². The summed E-state index contributed by atoms with van der Waals surface area (Å²) in [7, 11) is 0. The van der Waals surface area contributed by atoms with Crippen LogP contribution in [-0.4, -0.2) is 45.6 Å². The molecule has 0 rings (SSSR count). The van der Waals surface area contributed by atoms with Gasteiger partial charge in [0.25, 0.3) is 0 Å². The van der Waals surface area contributed by atoms with E-state index in [1.165, 1.54) is 0 Å². The van der Waals surface area contributed by atoms with Gasteiger partial charge < -0.3 is 15.7 Å². The Bertz CT molecular complexity index is 173. The van der Waals surface area contributed by atoms with Crippen molar-refractivity contribution in [1.82, 2.24) is 16.3 Å². The van der Waals surface area contributed by atoms with Crippen molar-refractivity contribution in [3.63, 3.8) is 0 Å². The highest BCUT2D eigenvalue weighted by atomic mass is 16.5. The normalized spacial score (nSPS) is 12.8. The number of hydrogen-bond acceptors (Lipinski definition) is 7. The van der Waals surface area contributed by atoms with Crippen LogP contribution in [0.3, 0.4) is 0 Å². The first kappa shape index (κ1) is 11.4. The predicted octanol–water partition coefficient (Wildman–Crippen LogP) is -1.89. The van der Waals surface area contributed by atoms with E-state index in [2.05, 4.69) is 15.6 Å². The van der Waals surface area contributed by atoms with Gasteiger partial charge in [-0.3, -0.25) is 21.4 Å². The fourth-order valence-electron chi connectivity index (χ4n) is 0.494. The summed E-state index contributed by atoms with van der Waals surface area (Å²) in [6.07, 6.45) is 0. The van der Waals surface area contributed by atoms with Crippen LogP contribution in [0, 0.1) is 0 Å². The summed E-state index contributed by atoms with van der Waals surface area (Å²) in [5, 5.41) is 40.8. The summed E-state index contributed by atoms with van der Waals surface area (Å²) in [4.78, 5) is 0. The standard InChI is InChI=1S/C4H11N5O4/c10-6-3(7-11)1-5-2-4(8-12)9-13/h5,10-13H,1-2H2,(H,6,7)(H,8,9). The maximum atomic E-state index is 8.28. The smallest absolute Gasteiger partial charge is 0.179 e. The minimum Gasteiger partial charge on any atom is -0.409 e. The molecule has 76 valence electrons. The Kier molecular flexibility index (Phi) is 6.23. The highest BCUT2D eigenvalue weighted by molar-refractivity contribution is 5.85. The molecule has 9 heteroatoms. The highest BCUT2D eigenvalue weighted by Crippen LogP contribution is 1.70. The van der Waals surface area contributed by atoms with E-state index in [1.807, 2.05) is 0 Å². The molecule has 0 saturated carbocycles. The molecule has 0 spiro atoms. The largest absolute Gasteiger partial charge is 0.409 e. The summed E-state index contributed by atoms with van der Waals surface area (Å²) in [5.41, 5.74) is 3.23. The second-order valence-corrected chi connectivity index (χ2v) is 1.92. The molecule has 0 aliphatic heterocycles. The molecule has 0 unspecified atom stereocenters. The molecule has 0 bridgehead atoms. The second kappa shape index (κ2) is 7.09. The van der Waals surface area contributed by atoms with Crippen LogP contribution < -0.4 is 16.3 Å². The molecule has 7 N–H and O–H groups in total. The molecular formula is C4H11N5O4. The Balaban J connectivity index is 3.66. The lowest BCUT2D eigenvalue weighted by Gasteiger charge is -2.05. The van der Waals surface area contributed by atoms with E-state index in [9.17, 15) is 0 Å². The van der Waals surface area contributed by atoms with Crippen LogP contribution >= 0.6 is 0 Å². The lowest BCUT2D eigenvalue weighted by Crippen LogP contribution is -2.38. The molecule has 0 atom stereocenters. The summed E-state index contributed by atoms with van der Waals surface area (Å²) in [6, 6.07) is 0. The van der Waals surface area contributed by atoms with Gasteiger partial charge in [-0.2, -0.15) is 0 Å². The van der Waals surface area contributed by atoms with Crippen LogP contribution in [0.2, 0.25) is 0 Å². The van der Waals surface area contributed by atoms with Gasteiger partial charge in [-0.05, 0) is 0 Å². The van der Waals surface area contributed by atoms with Gasteiger partial charge in [0.1, 0.15) is 0 Å². The Labute approximate surface area is 73.3 Å². The molecule has 0 aromatic rings. The number of nitrogens with zero attached hydrogens (tertiary/aromatic N) is 2. The van der Waals surface area contributed by atoms with Crippen molar-refractivity contribution < 1.29 is 20.8 Å². The number of amidine groups is 2. The zero-order valence-electron chi connectivity index (χ0n) is 6.60. The van der Waals surface area contributed by atoms with Crippen LogP contribution in [0.4, 0.5) is 0 Å². The molecule has 0 aliphatic rings. The predicted molar refractivity (Wildman–Crippen MR) is 41.2 cm³/mol. The van der Waals surface area contributed by atoms with E-state index in [1.54, 1.807) is 11.0 Å². The van der Waals surface area contributed by atoms with Crippen molar-refractivity contribution in [2.45, 2.75) is 0 Å². The topological polar surface area (TPSA) is 142 Å². The van der Waals surface area contributed by atoms with Gasteiger partial charge in [0.2, 0.25) is 0 Å². The third-order valence-corrected chi connectivity index (χ3v) is 1.08. The van der Waals surface area contributed by atoms with E-state index in [4.69, 9.17) is 20.8 Å². The van der Waals surface area contributed by atoms with Gasteiger partial charge in [0, 0.05) is 0 Å². The van der Waals surface area contributed by atoms with Gasteiger partial charge in [-0.15, -0.1) is 0 Å². The molecule has 0 radical (unpaired) electrons. The second-order valence-electron chi connectivity index (χ2n) is 1.92. The van der Waals surface area contributed by atoms with Gasteiger partial charge in [-0.25, -0.2) is 0 Å². The molecule has 0 aromatic carbocycles. The fourth-order valence-corrected chi connectivity index (χ4v) is 0.494. The van der Waals surface area contributed by atoms with E-state index >= 15 is 0 Å². The van der Waals surface area contributed by atoms with Crippen molar-refractivity contribution in [1.29, 1.82) is 0 Å². The van der Waals surface area contributed by atoms with Crippen LogP contribution in [-0.2, 0) is 0 Å². The highest BCUT2D eigenvalue weighted by Gasteiger charge is 1.99. The van der Waals surface area contributed by atoms with Gasteiger partial charge in [0.05, 0.1) is 13.1 Å². The first-order chi connectivity index (χ1) is 6.28. The number of rotatable bonds is 4. The van der Waals surface area contributed by atoms with Gasteiger partial charge in [-0.1, -0.05) is 10.3 Å². The van der Waals surface area contributed by atoms with Crippen LogP contribution in [0.1, 0.15) is 0 Å². The summed E-state index contributed by atoms with van der Waals surface area (Å²) >= 11 is 0. The average Bonchev–Trinajstić information content (AvgIpc) is 2.19. The van der Waals surface area contributed by atoms with Crippen molar-refractivity contribution in [3.8, 4) is 0 Å². The van der Waals surface area contributed by atoms with E-state index in [0.717, 1.165) is 0 Å². The van der Waals surface area contributed by atoms with Crippen LogP contribution in [0.5, 0.6) is 0 Å². The van der Waals surface area contributed by atoms with Crippen molar-refractivity contribution in [3.05, 3.63) is 0 Å². The maximum absolute atomic E-state index is 8.28. The minimum atomic E-state index is -0.116. The van der Waals surface area contributed by atoms with Gasteiger partial charge in [0.15, 0.2) is 11.7 Å². The van der Waals surface area contributed by atoms with Crippen molar-refractivity contribution >= 4 is 11.7 Å². The molecule has 0 amide bonds. The average molecular weight is 193 g/mol. The molecule has 9 nitrogen and oxygen atoms in total. The minimum absolute atomic E-state index is 0.00764. The SMILES string of the molecule is O/N=C(/CNC/C(=N/O)NO)NO. The molecule has 0 aliphatic carbocycles. The first-order valence-electron chi connectivity index (χ1n) is 3.21. The van der Waals surface area contributed by atoms with Crippen LogP contribution in [0.15, 0.2) is 10.3 Å². The zero-order valence-corrected chi connectivity index (χ0v) is 6.60. The lowest BCUT2D eigenvalue weighted by atomic mass is 10.5. The first-order valence-corrected chi connectivity index (χ1v) is 3.21. The third-order valence-electron chi connectivity index (χ3n) is 1.08. The quantitative estimate of drug-likeness (QED) is 0.120. The Morgan fingerprint density at radius 1 is 0.923 bits per heavy atom. The summed E-state index contributed by atoms with van der Waals surface area (Å²) in [5.74, 6) is -0.231. The Morgan fingerprint density at radius 3 is 1.54 bits per heavy atom. The molecular weight excluding hydrogens is 182 g/mol. The summed E-state index contributed by atoms with van der Waals surface area (Å²) in [6.45, 7) is 0.0153. The maximum Gasteiger partial charge on any atom is 0.179 e. The molecule has 0 heterocycles. The third kappa shape index (κ3) is 4.79. The van der Waals surface area contributed by atoms with Crippen molar-refractivity contribution in [2.75, 3.05) is 13.1 Å². The lowest BCUT2D eigenvalue weighted by molar-refractivity contribution is 0.218. The number of oxime groups is 2. The Morgan fingerprint density at radius 2 is 1.31 bits per heavy atom. The molecule has 0 saturated heterocycles. The van der Waals surface area contributed by atoms with E-state index in [-0.39, 0.29) is 24.8 Å². The molecule has 0 aromatic heterocycles.